The van der Waals surface area contributed by atoms with Crippen LogP contribution in [0.25, 0.3) is 5.69 Å². The summed E-state index contributed by atoms with van der Waals surface area (Å²) < 4.78 is 1.89. The Balaban J connectivity index is 1.94. The molecule has 0 saturated heterocycles. The van der Waals surface area contributed by atoms with Crippen LogP contribution in [0.15, 0.2) is 30.3 Å². The van der Waals surface area contributed by atoms with Gasteiger partial charge in [0.25, 0.3) is 0 Å². The molecular weight excluding hydrogens is 246 g/mol. The van der Waals surface area contributed by atoms with Gasteiger partial charge in [0.2, 0.25) is 0 Å². The lowest BCUT2D eigenvalue weighted by Crippen LogP contribution is -2.12. The fourth-order valence-electron chi connectivity index (χ4n) is 3.21. The minimum atomic E-state index is 0.582. The zero-order chi connectivity index (χ0) is 14.1. The Morgan fingerprint density at radius 1 is 1.10 bits per heavy atom. The van der Waals surface area contributed by atoms with Gasteiger partial charge in [-0.25, -0.2) is 4.68 Å². The maximum atomic E-state index is 6.27. The van der Waals surface area contributed by atoms with E-state index in [-0.39, 0.29) is 0 Å². The van der Waals surface area contributed by atoms with Crippen LogP contribution < -0.4 is 5.73 Å². The SMILES string of the molecule is Cc1c(C2CCC(C)CC2)nn(-c2ccccc2)c1N. The number of benzene rings is 1. The number of anilines is 1. The fourth-order valence-corrected chi connectivity index (χ4v) is 3.21. The van der Waals surface area contributed by atoms with Crippen LogP contribution in [0.2, 0.25) is 0 Å². The minimum Gasteiger partial charge on any atom is -0.383 e. The van der Waals surface area contributed by atoms with Crippen molar-refractivity contribution in [2.24, 2.45) is 5.92 Å². The fraction of sp³-hybridized carbons (Fsp3) is 0.471. The van der Waals surface area contributed by atoms with Gasteiger partial charge in [0.05, 0.1) is 11.4 Å². The first-order valence-electron chi connectivity index (χ1n) is 7.57. The van der Waals surface area contributed by atoms with Gasteiger partial charge in [-0.3, -0.25) is 0 Å². The van der Waals surface area contributed by atoms with E-state index in [9.17, 15) is 0 Å². The number of nitrogens with two attached hydrogens (primary N) is 1. The molecule has 1 aliphatic rings. The van der Waals surface area contributed by atoms with E-state index in [0.717, 1.165) is 23.0 Å². The van der Waals surface area contributed by atoms with Crippen LogP contribution in [0.4, 0.5) is 5.82 Å². The Morgan fingerprint density at radius 3 is 2.40 bits per heavy atom. The standard InChI is InChI=1S/C17H23N3/c1-12-8-10-14(11-9-12)16-13(2)17(18)20(19-16)15-6-4-3-5-7-15/h3-7,12,14H,8-11,18H2,1-2H3. The summed E-state index contributed by atoms with van der Waals surface area (Å²) in [6.45, 7) is 4.45. The van der Waals surface area contributed by atoms with Gasteiger partial charge >= 0.3 is 0 Å². The monoisotopic (exact) mass is 269 g/mol. The average molecular weight is 269 g/mol. The topological polar surface area (TPSA) is 43.8 Å². The molecule has 2 N–H and O–H groups in total. The van der Waals surface area contributed by atoms with Gasteiger partial charge < -0.3 is 5.73 Å². The molecule has 3 heteroatoms. The highest BCUT2D eigenvalue weighted by Crippen LogP contribution is 2.37. The van der Waals surface area contributed by atoms with Crippen molar-refractivity contribution in [2.75, 3.05) is 5.73 Å². The summed E-state index contributed by atoms with van der Waals surface area (Å²) in [6.07, 6.45) is 5.10. The van der Waals surface area contributed by atoms with Crippen LogP contribution in [0.3, 0.4) is 0 Å². The third-order valence-corrected chi connectivity index (χ3v) is 4.61. The van der Waals surface area contributed by atoms with E-state index in [1.807, 2.05) is 22.9 Å². The minimum absolute atomic E-state index is 0.582. The van der Waals surface area contributed by atoms with E-state index in [1.165, 1.54) is 31.4 Å². The van der Waals surface area contributed by atoms with Crippen molar-refractivity contribution < 1.29 is 0 Å². The number of hydrogen-bond acceptors (Lipinski definition) is 2. The van der Waals surface area contributed by atoms with Gasteiger partial charge in [-0.15, -0.1) is 0 Å². The zero-order valence-corrected chi connectivity index (χ0v) is 12.3. The highest BCUT2D eigenvalue weighted by atomic mass is 15.3. The molecule has 1 fully saturated rings. The van der Waals surface area contributed by atoms with Crippen molar-refractivity contribution in [1.82, 2.24) is 9.78 Å². The molecule has 1 aliphatic carbocycles. The Morgan fingerprint density at radius 2 is 1.75 bits per heavy atom. The van der Waals surface area contributed by atoms with Gasteiger partial charge in [0, 0.05) is 11.5 Å². The third kappa shape index (κ3) is 2.33. The largest absolute Gasteiger partial charge is 0.383 e. The van der Waals surface area contributed by atoms with E-state index < -0.39 is 0 Å². The predicted molar refractivity (Wildman–Crippen MR) is 83.1 cm³/mol. The highest BCUT2D eigenvalue weighted by Gasteiger charge is 2.25. The van der Waals surface area contributed by atoms with Crippen molar-refractivity contribution in [1.29, 1.82) is 0 Å². The molecule has 1 aromatic heterocycles. The summed E-state index contributed by atoms with van der Waals surface area (Å²) in [7, 11) is 0. The number of nitrogens with zero attached hydrogens (tertiary/aromatic N) is 2. The summed E-state index contributed by atoms with van der Waals surface area (Å²) in [5.74, 6) is 2.23. The third-order valence-electron chi connectivity index (χ3n) is 4.61. The van der Waals surface area contributed by atoms with Crippen LogP contribution in [-0.2, 0) is 0 Å². The van der Waals surface area contributed by atoms with Gasteiger partial charge in [-0.1, -0.05) is 38.0 Å². The summed E-state index contributed by atoms with van der Waals surface area (Å²) in [5.41, 5.74) is 9.68. The number of aromatic nitrogens is 2. The second kappa shape index (κ2) is 5.31. The highest BCUT2D eigenvalue weighted by molar-refractivity contribution is 5.50. The molecule has 1 saturated carbocycles. The van der Waals surface area contributed by atoms with Crippen molar-refractivity contribution in [2.45, 2.75) is 45.4 Å². The normalized spacial score (nSPS) is 22.9. The smallest absolute Gasteiger partial charge is 0.130 e. The second-order valence-electron chi connectivity index (χ2n) is 6.10. The zero-order valence-electron chi connectivity index (χ0n) is 12.3. The van der Waals surface area contributed by atoms with Crippen molar-refractivity contribution >= 4 is 5.82 Å². The predicted octanol–water partition coefficient (Wildman–Crippen LogP) is 4.06. The second-order valence-corrected chi connectivity index (χ2v) is 6.10. The maximum Gasteiger partial charge on any atom is 0.130 e. The summed E-state index contributed by atoms with van der Waals surface area (Å²) in [6, 6.07) is 10.2. The Kier molecular flexibility index (Phi) is 3.51. The number of para-hydroxylation sites is 1. The summed E-state index contributed by atoms with van der Waals surface area (Å²) in [4.78, 5) is 0. The van der Waals surface area contributed by atoms with Gasteiger partial charge in [-0.05, 0) is 37.8 Å². The quantitative estimate of drug-likeness (QED) is 0.893. The molecule has 3 nitrogen and oxygen atoms in total. The molecule has 0 amide bonds. The van der Waals surface area contributed by atoms with Crippen molar-refractivity contribution in [3.63, 3.8) is 0 Å². The van der Waals surface area contributed by atoms with E-state index in [2.05, 4.69) is 26.0 Å². The van der Waals surface area contributed by atoms with E-state index in [1.54, 1.807) is 0 Å². The van der Waals surface area contributed by atoms with E-state index >= 15 is 0 Å². The van der Waals surface area contributed by atoms with E-state index in [4.69, 9.17) is 10.8 Å². The van der Waals surface area contributed by atoms with Crippen LogP contribution in [0.5, 0.6) is 0 Å². The summed E-state index contributed by atoms with van der Waals surface area (Å²) >= 11 is 0. The van der Waals surface area contributed by atoms with Gasteiger partial charge in [-0.2, -0.15) is 5.10 Å². The molecule has 0 atom stereocenters. The molecule has 20 heavy (non-hydrogen) atoms. The first kappa shape index (κ1) is 13.2. The molecule has 0 bridgehead atoms. The van der Waals surface area contributed by atoms with Crippen LogP contribution in [-0.4, -0.2) is 9.78 Å². The molecule has 2 aromatic rings. The average Bonchev–Trinajstić information content (AvgIpc) is 2.77. The Bertz CT molecular complexity index is 578. The van der Waals surface area contributed by atoms with Crippen molar-refractivity contribution in [3.05, 3.63) is 41.6 Å². The molecule has 106 valence electrons. The van der Waals surface area contributed by atoms with Gasteiger partial charge in [0.1, 0.15) is 5.82 Å². The Labute approximate surface area is 120 Å². The summed E-state index contributed by atoms with van der Waals surface area (Å²) in [5, 5.41) is 4.82. The first-order valence-corrected chi connectivity index (χ1v) is 7.57. The lowest BCUT2D eigenvalue weighted by Gasteiger charge is -2.25. The van der Waals surface area contributed by atoms with Crippen LogP contribution in [0, 0.1) is 12.8 Å². The molecule has 0 aliphatic heterocycles. The van der Waals surface area contributed by atoms with Gasteiger partial charge in [0.15, 0.2) is 0 Å². The maximum absolute atomic E-state index is 6.27. The van der Waals surface area contributed by atoms with E-state index in [0.29, 0.717) is 5.92 Å². The number of rotatable bonds is 2. The molecule has 1 aromatic carbocycles. The van der Waals surface area contributed by atoms with Crippen molar-refractivity contribution in [3.8, 4) is 5.69 Å². The first-order chi connectivity index (χ1) is 9.66. The molecule has 1 heterocycles. The lowest BCUT2D eigenvalue weighted by atomic mass is 9.80. The molecule has 0 unspecified atom stereocenters. The van der Waals surface area contributed by atoms with Crippen LogP contribution in [0.1, 0.15) is 49.8 Å². The molecule has 0 spiro atoms. The molecule has 3 rings (SSSR count). The van der Waals surface area contributed by atoms with Crippen LogP contribution >= 0.6 is 0 Å². The Hall–Kier alpha value is -1.77. The lowest BCUT2D eigenvalue weighted by molar-refractivity contribution is 0.343. The molecule has 0 radical (unpaired) electrons. The molecular formula is C17H23N3. The number of hydrogen-bond donors (Lipinski definition) is 1. The number of nitrogen functional groups attached to an aromatic ring is 1.